The molecule has 0 bridgehead atoms. The number of aliphatic hydroxyl groups excluding tert-OH is 1. The molecule has 0 saturated heterocycles. The van der Waals surface area contributed by atoms with Crippen LogP contribution in [-0.2, 0) is 36.7 Å². The molecule has 1 aliphatic rings. The molecule has 0 spiro atoms. The number of aliphatic hydroxyl groups is 1. The third-order valence-corrected chi connectivity index (χ3v) is 8.71. The Balaban J connectivity index is 0.000000309. The van der Waals surface area contributed by atoms with Crippen molar-refractivity contribution in [2.75, 3.05) is 0 Å². The van der Waals surface area contributed by atoms with Crippen molar-refractivity contribution in [1.82, 2.24) is 9.97 Å². The van der Waals surface area contributed by atoms with Crippen LogP contribution in [0.15, 0.2) is 60.6 Å². The van der Waals surface area contributed by atoms with Crippen LogP contribution in [0.2, 0.25) is 0 Å². The van der Waals surface area contributed by atoms with Gasteiger partial charge < -0.3 is 5.11 Å². The van der Waals surface area contributed by atoms with Crippen LogP contribution in [0.1, 0.15) is 107 Å². The summed E-state index contributed by atoms with van der Waals surface area (Å²) in [6.45, 7) is 18.3. The van der Waals surface area contributed by atoms with E-state index in [-0.39, 0.29) is 48.9 Å². The molecule has 0 fully saturated rings. The molecule has 4 aromatic rings. The van der Waals surface area contributed by atoms with E-state index in [0.29, 0.717) is 5.56 Å². The first-order valence-electron chi connectivity index (χ1n) is 16.8. The van der Waals surface area contributed by atoms with Gasteiger partial charge in [0.1, 0.15) is 6.33 Å². The number of rotatable bonds is 8. The van der Waals surface area contributed by atoms with Crippen molar-refractivity contribution >= 4 is 27.5 Å². The first-order valence-corrected chi connectivity index (χ1v) is 15.8. The van der Waals surface area contributed by atoms with E-state index in [0.717, 1.165) is 64.2 Å². The van der Waals surface area contributed by atoms with Gasteiger partial charge in [0, 0.05) is 46.5 Å². The van der Waals surface area contributed by atoms with Crippen molar-refractivity contribution in [2.45, 2.75) is 99.8 Å². The van der Waals surface area contributed by atoms with E-state index in [2.05, 4.69) is 48.1 Å². The van der Waals surface area contributed by atoms with Crippen molar-refractivity contribution in [3.05, 3.63) is 83.4 Å². The summed E-state index contributed by atoms with van der Waals surface area (Å²) in [6.07, 6.45) is 5.00. The second kappa shape index (κ2) is 14.5. The number of aromatic nitrogens is 2. The summed E-state index contributed by atoms with van der Waals surface area (Å²) < 4.78 is 17.7. The summed E-state index contributed by atoms with van der Waals surface area (Å²) in [5.74, 6) is 0.547. The van der Waals surface area contributed by atoms with Gasteiger partial charge in [-0.1, -0.05) is 103 Å². The van der Waals surface area contributed by atoms with E-state index >= 15 is 0 Å². The Morgan fingerprint density at radius 2 is 1.61 bits per heavy atom. The maximum Gasteiger partial charge on any atom is 0.162 e. The second-order valence-corrected chi connectivity index (χ2v) is 13.3. The maximum atomic E-state index is 11.7. The van der Waals surface area contributed by atoms with Crippen LogP contribution in [0.4, 0.5) is 0 Å². The average molecular weight is 772 g/mol. The van der Waals surface area contributed by atoms with E-state index in [1.807, 2.05) is 72.7 Å². The van der Waals surface area contributed by atoms with Gasteiger partial charge in [0.15, 0.2) is 5.78 Å². The van der Waals surface area contributed by atoms with Crippen molar-refractivity contribution in [3.8, 4) is 11.3 Å². The zero-order valence-corrected chi connectivity index (χ0v) is 30.2. The largest absolute Gasteiger partial charge is 0.512 e. The summed E-state index contributed by atoms with van der Waals surface area (Å²) in [7, 11) is 0. The van der Waals surface area contributed by atoms with Gasteiger partial charge >= 0.3 is 0 Å². The van der Waals surface area contributed by atoms with Crippen LogP contribution in [-0.4, -0.2) is 20.9 Å². The standard InChI is InChI=1S/C26H25N2.C13H24O2.Ir/c1-25(2,3)14-16-10-21-23-22(11-16)27-15-28-24(23)19-12-17-8-6-7-9-18(17)13-20(19)26(21,4)5;1-5-10(6-2)12(14)9-13(15)11(7-3)8-4;/h6-11,13,15H,14H2,1-5H3;9-11,14H,5-8H2,1-4H3;/q-1;;/b;12-9-;/i14D2;;. The molecular formula is C39H49IrN2O2-. The van der Waals surface area contributed by atoms with Gasteiger partial charge in [-0.2, -0.15) is 0 Å². The predicted molar refractivity (Wildman–Crippen MR) is 180 cm³/mol. The number of carbonyl (C=O) groups excluding carboxylic acids is 1. The number of allylic oxidation sites excluding steroid dienone is 2. The molecule has 0 amide bonds. The van der Waals surface area contributed by atoms with Crippen LogP contribution in [0.5, 0.6) is 0 Å². The monoisotopic (exact) mass is 772 g/mol. The minimum Gasteiger partial charge on any atom is -0.512 e. The first-order chi connectivity index (χ1) is 21.1. The molecule has 1 aromatic heterocycles. The fourth-order valence-electron chi connectivity index (χ4n) is 6.15. The summed E-state index contributed by atoms with van der Waals surface area (Å²) in [5.41, 5.74) is 4.75. The Bertz CT molecular complexity index is 1730. The molecule has 1 heterocycles. The number of hydrogen-bond donors (Lipinski definition) is 1. The van der Waals surface area contributed by atoms with Gasteiger partial charge in [0.25, 0.3) is 0 Å². The van der Waals surface area contributed by atoms with Gasteiger partial charge in [-0.15, -0.1) is 23.6 Å². The molecule has 44 heavy (non-hydrogen) atoms. The Hall–Kier alpha value is -2.88. The molecule has 5 heteroatoms. The Kier molecular flexibility index (Phi) is 10.7. The van der Waals surface area contributed by atoms with Gasteiger partial charge in [-0.25, -0.2) is 4.98 Å². The zero-order valence-electron chi connectivity index (χ0n) is 29.8. The zero-order chi connectivity index (χ0) is 33.3. The molecule has 0 atom stereocenters. The number of carbonyl (C=O) groups is 1. The number of ketones is 1. The molecule has 5 rings (SSSR count). The minimum absolute atomic E-state index is 0. The van der Waals surface area contributed by atoms with Crippen LogP contribution in [0.3, 0.4) is 0 Å². The summed E-state index contributed by atoms with van der Waals surface area (Å²) in [6, 6.07) is 18.1. The van der Waals surface area contributed by atoms with Gasteiger partial charge in [0.2, 0.25) is 0 Å². The second-order valence-electron chi connectivity index (χ2n) is 13.3. The molecule has 0 aliphatic heterocycles. The normalized spacial score (nSPS) is 14.8. The number of nitrogens with zero attached hydrogens (tertiary/aromatic N) is 2. The molecule has 4 nitrogen and oxygen atoms in total. The summed E-state index contributed by atoms with van der Waals surface area (Å²) in [4.78, 5) is 20.9. The molecule has 0 saturated carbocycles. The molecule has 237 valence electrons. The fraction of sp³-hybridized carbons (Fsp3) is 0.462. The third kappa shape index (κ3) is 7.49. The SMILES string of the molecule is CCC(CC)C(=O)/C=C(\O)C(CC)CC.[2H]C([2H])(c1cc2c3c(ncnc3c1)-c1[c-]c3ccccc3cc1C2(C)C)C(C)(C)C.[Ir]. The van der Waals surface area contributed by atoms with Crippen LogP contribution >= 0.6 is 0 Å². The first kappa shape index (κ1) is 32.5. The maximum absolute atomic E-state index is 11.7. The number of hydrogen-bond acceptors (Lipinski definition) is 4. The number of fused-ring (bicyclic) bond motifs is 3. The van der Waals surface area contributed by atoms with E-state index in [9.17, 15) is 9.90 Å². The quantitative estimate of drug-likeness (QED) is 0.110. The third-order valence-electron chi connectivity index (χ3n) is 8.71. The molecular weight excluding hydrogens is 721 g/mol. The Morgan fingerprint density at radius 3 is 2.23 bits per heavy atom. The summed E-state index contributed by atoms with van der Waals surface area (Å²) in [5, 5.41) is 13.0. The fourth-order valence-corrected chi connectivity index (χ4v) is 6.15. The average Bonchev–Trinajstić information content (AvgIpc) is 3.00. The van der Waals surface area contributed by atoms with Crippen molar-refractivity contribution < 1.29 is 32.7 Å². The van der Waals surface area contributed by atoms with Crippen LogP contribution in [0.25, 0.3) is 32.9 Å². The van der Waals surface area contributed by atoms with E-state index in [4.69, 9.17) is 2.74 Å². The number of benzene rings is 3. The van der Waals surface area contributed by atoms with Gasteiger partial charge in [-0.05, 0) is 65.5 Å². The van der Waals surface area contributed by atoms with E-state index < -0.39 is 11.8 Å². The Morgan fingerprint density at radius 1 is 0.977 bits per heavy atom. The van der Waals surface area contributed by atoms with Crippen molar-refractivity contribution in [3.63, 3.8) is 0 Å². The molecule has 1 N–H and O–H groups in total. The topological polar surface area (TPSA) is 63.1 Å². The smallest absolute Gasteiger partial charge is 0.162 e. The van der Waals surface area contributed by atoms with Crippen LogP contribution in [0, 0.1) is 23.3 Å². The van der Waals surface area contributed by atoms with Crippen molar-refractivity contribution in [1.29, 1.82) is 0 Å². The Labute approximate surface area is 281 Å². The molecule has 3 aromatic carbocycles. The molecule has 1 radical (unpaired) electrons. The van der Waals surface area contributed by atoms with Gasteiger partial charge in [-0.3, -0.25) is 9.78 Å². The van der Waals surface area contributed by atoms with Gasteiger partial charge in [0.05, 0.1) is 11.3 Å². The summed E-state index contributed by atoms with van der Waals surface area (Å²) >= 11 is 0. The van der Waals surface area contributed by atoms with E-state index in [1.165, 1.54) is 11.6 Å². The van der Waals surface area contributed by atoms with Crippen molar-refractivity contribution in [2.24, 2.45) is 17.3 Å². The van der Waals surface area contributed by atoms with Crippen LogP contribution < -0.4 is 0 Å². The predicted octanol–water partition coefficient (Wildman–Crippen LogP) is 10.3. The molecule has 1 aliphatic carbocycles. The minimum atomic E-state index is -1.49. The van der Waals surface area contributed by atoms with E-state index in [1.54, 1.807) is 6.33 Å². The molecule has 0 unspecified atom stereocenters.